The van der Waals surface area contributed by atoms with Gasteiger partial charge in [-0.05, 0) is 55.7 Å². The Balaban J connectivity index is 2.75. The Morgan fingerprint density at radius 1 is 1.35 bits per heavy atom. The number of hydrogen-bond acceptors (Lipinski definition) is 0. The molecule has 0 heterocycles. The van der Waals surface area contributed by atoms with E-state index >= 15 is 0 Å². The molecule has 0 nitrogen and oxygen atoms in total. The lowest BCUT2D eigenvalue weighted by molar-refractivity contribution is 0.617. The lowest BCUT2D eigenvalue weighted by atomic mass is 9.91. The van der Waals surface area contributed by atoms with Gasteiger partial charge in [0.25, 0.3) is 0 Å². The van der Waals surface area contributed by atoms with Crippen molar-refractivity contribution in [3.8, 4) is 0 Å². The van der Waals surface area contributed by atoms with Gasteiger partial charge in [-0.3, -0.25) is 0 Å². The van der Waals surface area contributed by atoms with Crippen LogP contribution in [0.25, 0.3) is 5.57 Å². The zero-order valence-corrected chi connectivity index (χ0v) is 13.5. The first-order valence-corrected chi connectivity index (χ1v) is 7.47. The molecule has 0 aliphatic carbocycles. The van der Waals surface area contributed by atoms with Crippen LogP contribution in [0.2, 0.25) is 0 Å². The van der Waals surface area contributed by atoms with E-state index in [-0.39, 0.29) is 5.82 Å². The summed E-state index contributed by atoms with van der Waals surface area (Å²) in [4.78, 5) is 0. The highest BCUT2D eigenvalue weighted by Gasteiger charge is 2.10. The van der Waals surface area contributed by atoms with E-state index < -0.39 is 0 Å². The Morgan fingerprint density at radius 2 is 2.00 bits per heavy atom. The largest absolute Gasteiger partial charge is 0.206 e. The van der Waals surface area contributed by atoms with Gasteiger partial charge in [-0.1, -0.05) is 51.1 Å². The average molecular weight is 274 g/mol. The second kappa shape index (κ2) is 7.42. The molecule has 0 bridgehead atoms. The fourth-order valence-electron chi connectivity index (χ4n) is 2.40. The van der Waals surface area contributed by atoms with E-state index in [2.05, 4.69) is 40.3 Å². The SMILES string of the molecule is C=C(C[C@H](C)/C=C(/C)[C@H](C)CC)c1ccc(C)cc1F. The van der Waals surface area contributed by atoms with Crippen molar-refractivity contribution in [1.29, 1.82) is 0 Å². The molecule has 0 saturated heterocycles. The molecule has 2 atom stereocenters. The summed E-state index contributed by atoms with van der Waals surface area (Å²) in [7, 11) is 0. The Kier molecular flexibility index (Phi) is 6.19. The maximum Gasteiger partial charge on any atom is 0.130 e. The predicted molar refractivity (Wildman–Crippen MR) is 87.2 cm³/mol. The van der Waals surface area contributed by atoms with Crippen LogP contribution in [-0.4, -0.2) is 0 Å². The van der Waals surface area contributed by atoms with Crippen molar-refractivity contribution in [2.24, 2.45) is 11.8 Å². The van der Waals surface area contributed by atoms with Crippen LogP contribution in [0.15, 0.2) is 36.4 Å². The van der Waals surface area contributed by atoms with Gasteiger partial charge >= 0.3 is 0 Å². The molecule has 1 aromatic carbocycles. The second-order valence-corrected chi connectivity index (χ2v) is 5.99. The van der Waals surface area contributed by atoms with E-state index in [1.54, 1.807) is 6.07 Å². The fourth-order valence-corrected chi connectivity index (χ4v) is 2.40. The summed E-state index contributed by atoms with van der Waals surface area (Å²) in [6, 6.07) is 5.35. The van der Waals surface area contributed by atoms with Crippen molar-refractivity contribution in [1.82, 2.24) is 0 Å². The molecular weight excluding hydrogens is 247 g/mol. The summed E-state index contributed by atoms with van der Waals surface area (Å²) in [6.07, 6.45) is 4.25. The molecule has 0 aliphatic rings. The topological polar surface area (TPSA) is 0 Å². The van der Waals surface area contributed by atoms with Gasteiger partial charge in [-0.25, -0.2) is 4.39 Å². The van der Waals surface area contributed by atoms with Gasteiger partial charge in [-0.15, -0.1) is 0 Å². The highest BCUT2D eigenvalue weighted by molar-refractivity contribution is 5.64. The van der Waals surface area contributed by atoms with Gasteiger partial charge in [0.05, 0.1) is 0 Å². The molecule has 1 heteroatoms. The number of rotatable bonds is 6. The van der Waals surface area contributed by atoms with E-state index in [4.69, 9.17) is 0 Å². The maximum absolute atomic E-state index is 13.9. The van der Waals surface area contributed by atoms with Gasteiger partial charge < -0.3 is 0 Å². The Morgan fingerprint density at radius 3 is 2.55 bits per heavy atom. The number of allylic oxidation sites excluding steroid dienone is 3. The van der Waals surface area contributed by atoms with Crippen molar-refractivity contribution in [3.05, 3.63) is 53.4 Å². The summed E-state index contributed by atoms with van der Waals surface area (Å²) >= 11 is 0. The second-order valence-electron chi connectivity index (χ2n) is 5.99. The van der Waals surface area contributed by atoms with Crippen LogP contribution in [0.5, 0.6) is 0 Å². The molecule has 0 unspecified atom stereocenters. The Labute approximate surface area is 123 Å². The summed E-state index contributed by atoms with van der Waals surface area (Å²) in [6.45, 7) is 14.8. The molecule has 0 N–H and O–H groups in total. The third-order valence-electron chi connectivity index (χ3n) is 4.01. The highest BCUT2D eigenvalue weighted by Crippen LogP contribution is 2.26. The average Bonchev–Trinajstić information content (AvgIpc) is 2.37. The summed E-state index contributed by atoms with van der Waals surface area (Å²) in [5, 5.41) is 0. The monoisotopic (exact) mass is 274 g/mol. The van der Waals surface area contributed by atoms with Crippen molar-refractivity contribution in [2.45, 2.75) is 47.5 Å². The smallest absolute Gasteiger partial charge is 0.130 e. The van der Waals surface area contributed by atoms with Crippen molar-refractivity contribution in [2.75, 3.05) is 0 Å². The zero-order valence-electron chi connectivity index (χ0n) is 13.5. The molecule has 0 aromatic heterocycles. The van der Waals surface area contributed by atoms with Gasteiger partial charge in [0.1, 0.15) is 5.82 Å². The van der Waals surface area contributed by atoms with E-state index in [1.165, 1.54) is 5.57 Å². The predicted octanol–water partition coefficient (Wildman–Crippen LogP) is 6.17. The molecule has 0 saturated carbocycles. The van der Waals surface area contributed by atoms with Crippen LogP contribution in [0.1, 0.15) is 51.7 Å². The first kappa shape index (κ1) is 16.7. The molecule has 20 heavy (non-hydrogen) atoms. The standard InChI is InChI=1S/C19H27F/c1-7-15(4)16(5)10-14(3)11-17(6)18-9-8-13(2)12-19(18)20/h8-10,12,14-15H,6-7,11H2,1-5H3/b16-10-/t14-,15-/m1/s1. The Hall–Kier alpha value is -1.37. The van der Waals surface area contributed by atoms with E-state index in [9.17, 15) is 4.39 Å². The quantitative estimate of drug-likeness (QED) is 0.544. The van der Waals surface area contributed by atoms with Gasteiger partial charge in [0, 0.05) is 5.56 Å². The minimum absolute atomic E-state index is 0.162. The van der Waals surface area contributed by atoms with Crippen LogP contribution < -0.4 is 0 Å². The van der Waals surface area contributed by atoms with Crippen molar-refractivity contribution < 1.29 is 4.39 Å². The minimum Gasteiger partial charge on any atom is -0.206 e. The van der Waals surface area contributed by atoms with Crippen LogP contribution in [0.3, 0.4) is 0 Å². The van der Waals surface area contributed by atoms with Crippen molar-refractivity contribution >= 4 is 5.57 Å². The van der Waals surface area contributed by atoms with E-state index in [0.717, 1.165) is 24.0 Å². The third kappa shape index (κ3) is 4.63. The number of halogens is 1. The molecule has 0 aliphatic heterocycles. The molecule has 0 radical (unpaired) electrons. The van der Waals surface area contributed by atoms with Crippen LogP contribution >= 0.6 is 0 Å². The maximum atomic E-state index is 13.9. The zero-order chi connectivity index (χ0) is 15.3. The molecule has 1 rings (SSSR count). The van der Waals surface area contributed by atoms with E-state index in [0.29, 0.717) is 17.4 Å². The highest BCUT2D eigenvalue weighted by atomic mass is 19.1. The summed E-state index contributed by atoms with van der Waals surface area (Å²) in [5.41, 5.74) is 3.89. The van der Waals surface area contributed by atoms with Gasteiger partial charge in [0.15, 0.2) is 0 Å². The van der Waals surface area contributed by atoms with Crippen LogP contribution in [0, 0.1) is 24.6 Å². The minimum atomic E-state index is -0.162. The summed E-state index contributed by atoms with van der Waals surface area (Å²) < 4.78 is 13.9. The van der Waals surface area contributed by atoms with E-state index in [1.807, 2.05) is 19.1 Å². The third-order valence-corrected chi connectivity index (χ3v) is 4.01. The molecule has 0 fully saturated rings. The normalized spacial score (nSPS) is 15.0. The first-order valence-electron chi connectivity index (χ1n) is 7.47. The lowest BCUT2D eigenvalue weighted by Gasteiger charge is -2.15. The van der Waals surface area contributed by atoms with Gasteiger partial charge in [-0.2, -0.15) is 0 Å². The van der Waals surface area contributed by atoms with Crippen LogP contribution in [-0.2, 0) is 0 Å². The Bertz CT molecular complexity index is 496. The molecule has 1 aromatic rings. The first-order chi connectivity index (χ1) is 9.35. The fraction of sp³-hybridized carbons (Fsp3) is 0.474. The summed E-state index contributed by atoms with van der Waals surface area (Å²) in [5.74, 6) is 0.837. The van der Waals surface area contributed by atoms with Gasteiger partial charge in [0.2, 0.25) is 0 Å². The number of benzene rings is 1. The number of aryl methyl sites for hydroxylation is 1. The van der Waals surface area contributed by atoms with Crippen LogP contribution in [0.4, 0.5) is 4.39 Å². The molecule has 0 spiro atoms. The molecular formula is C19H27F. The lowest BCUT2D eigenvalue weighted by Crippen LogP contribution is -2.00. The van der Waals surface area contributed by atoms with Crippen molar-refractivity contribution in [3.63, 3.8) is 0 Å². The molecule has 0 amide bonds. The molecule has 110 valence electrons. The number of hydrogen-bond donors (Lipinski definition) is 0.